The van der Waals surface area contributed by atoms with Crippen molar-refractivity contribution in [1.82, 2.24) is 29.7 Å². The largest absolute Gasteiger partial charge is 0.341 e. The first kappa shape index (κ1) is 16.7. The van der Waals surface area contributed by atoms with Crippen LogP contribution in [0.2, 0.25) is 0 Å². The standard InChI is InChI=1S/C18H23N7O/c1-12(2)15-22-17(26-23-15)13(3)25-9-6-19-16(25)14-10-20-18(21-11-14)24-7-4-5-8-24/h6,9-13H,4-5,7-8H2,1-3H3/t13-/m0/s1. The zero-order chi connectivity index (χ0) is 18.1. The van der Waals surface area contributed by atoms with Gasteiger partial charge in [0.1, 0.15) is 11.9 Å². The molecule has 1 aliphatic rings. The summed E-state index contributed by atoms with van der Waals surface area (Å²) in [7, 11) is 0. The smallest absolute Gasteiger partial charge is 0.249 e. The van der Waals surface area contributed by atoms with Crippen LogP contribution in [0.25, 0.3) is 11.4 Å². The van der Waals surface area contributed by atoms with E-state index < -0.39 is 0 Å². The molecule has 3 aromatic rings. The number of imidazole rings is 1. The Bertz CT molecular complexity index is 862. The van der Waals surface area contributed by atoms with Crippen LogP contribution in [0.1, 0.15) is 57.3 Å². The molecule has 4 rings (SSSR count). The topological polar surface area (TPSA) is 85.8 Å². The lowest BCUT2D eigenvalue weighted by molar-refractivity contribution is 0.341. The molecule has 0 aliphatic carbocycles. The molecule has 0 spiro atoms. The van der Waals surface area contributed by atoms with Crippen LogP contribution >= 0.6 is 0 Å². The van der Waals surface area contributed by atoms with E-state index in [4.69, 9.17) is 4.52 Å². The molecule has 0 amide bonds. The lowest BCUT2D eigenvalue weighted by Gasteiger charge is -2.15. The van der Waals surface area contributed by atoms with Gasteiger partial charge >= 0.3 is 0 Å². The van der Waals surface area contributed by atoms with Crippen LogP contribution in [0.5, 0.6) is 0 Å². The van der Waals surface area contributed by atoms with Crippen molar-refractivity contribution in [3.63, 3.8) is 0 Å². The van der Waals surface area contributed by atoms with Crippen molar-refractivity contribution in [2.24, 2.45) is 0 Å². The number of rotatable bonds is 5. The second-order valence-electron chi connectivity index (χ2n) is 6.95. The van der Waals surface area contributed by atoms with Crippen LogP contribution in [-0.2, 0) is 0 Å². The van der Waals surface area contributed by atoms with Crippen molar-refractivity contribution in [1.29, 1.82) is 0 Å². The van der Waals surface area contributed by atoms with Gasteiger partial charge in [-0.05, 0) is 19.8 Å². The Balaban J connectivity index is 1.59. The molecule has 136 valence electrons. The summed E-state index contributed by atoms with van der Waals surface area (Å²) in [5.41, 5.74) is 0.869. The second-order valence-corrected chi connectivity index (χ2v) is 6.95. The highest BCUT2D eigenvalue weighted by Gasteiger charge is 2.21. The minimum atomic E-state index is -0.120. The van der Waals surface area contributed by atoms with Gasteiger partial charge in [0, 0.05) is 43.8 Å². The fourth-order valence-corrected chi connectivity index (χ4v) is 3.14. The van der Waals surface area contributed by atoms with E-state index in [1.54, 1.807) is 6.20 Å². The Labute approximate surface area is 152 Å². The maximum atomic E-state index is 5.44. The molecule has 8 nitrogen and oxygen atoms in total. The summed E-state index contributed by atoms with van der Waals surface area (Å²) in [5, 5.41) is 4.05. The lowest BCUT2D eigenvalue weighted by atomic mass is 10.2. The average molecular weight is 353 g/mol. The van der Waals surface area contributed by atoms with Crippen LogP contribution < -0.4 is 4.90 Å². The normalized spacial score (nSPS) is 15.8. The lowest BCUT2D eigenvalue weighted by Crippen LogP contribution is -2.20. The quantitative estimate of drug-likeness (QED) is 0.697. The summed E-state index contributed by atoms with van der Waals surface area (Å²) in [6.07, 6.45) is 9.75. The zero-order valence-corrected chi connectivity index (χ0v) is 15.3. The summed E-state index contributed by atoms with van der Waals surface area (Å²) in [5.74, 6) is 3.09. The first-order valence-corrected chi connectivity index (χ1v) is 9.07. The number of anilines is 1. The summed E-state index contributed by atoms with van der Waals surface area (Å²) in [6, 6.07) is -0.120. The molecular weight excluding hydrogens is 330 g/mol. The maximum Gasteiger partial charge on any atom is 0.249 e. The maximum absolute atomic E-state index is 5.44. The van der Waals surface area contributed by atoms with Crippen molar-refractivity contribution in [3.8, 4) is 11.4 Å². The molecule has 1 atom stereocenters. The SMILES string of the molecule is CC(C)c1noc([C@H](C)n2ccnc2-c2cnc(N3CCCC3)nc2)n1. The third-order valence-corrected chi connectivity index (χ3v) is 4.70. The molecule has 1 saturated heterocycles. The highest BCUT2D eigenvalue weighted by molar-refractivity contribution is 5.54. The van der Waals surface area contributed by atoms with Gasteiger partial charge < -0.3 is 14.0 Å². The highest BCUT2D eigenvalue weighted by Crippen LogP contribution is 2.25. The minimum Gasteiger partial charge on any atom is -0.341 e. The van der Waals surface area contributed by atoms with Gasteiger partial charge in [0.05, 0.1) is 5.56 Å². The van der Waals surface area contributed by atoms with E-state index in [1.165, 1.54) is 12.8 Å². The Hall–Kier alpha value is -2.77. The summed E-state index contributed by atoms with van der Waals surface area (Å²) < 4.78 is 7.45. The predicted molar refractivity (Wildman–Crippen MR) is 96.9 cm³/mol. The molecule has 4 heterocycles. The average Bonchev–Trinajstić information content (AvgIpc) is 3.42. The monoisotopic (exact) mass is 353 g/mol. The summed E-state index contributed by atoms with van der Waals surface area (Å²) in [6.45, 7) is 8.16. The van der Waals surface area contributed by atoms with Gasteiger partial charge in [-0.2, -0.15) is 4.98 Å². The molecule has 0 bridgehead atoms. The fraction of sp³-hybridized carbons (Fsp3) is 0.500. The van der Waals surface area contributed by atoms with Crippen molar-refractivity contribution >= 4 is 5.95 Å². The number of hydrogen-bond donors (Lipinski definition) is 0. The van der Waals surface area contributed by atoms with Crippen LogP contribution in [0.3, 0.4) is 0 Å². The molecule has 0 saturated carbocycles. The van der Waals surface area contributed by atoms with Gasteiger partial charge in [-0.15, -0.1) is 0 Å². The molecule has 0 N–H and O–H groups in total. The van der Waals surface area contributed by atoms with Crippen molar-refractivity contribution in [2.45, 2.75) is 45.6 Å². The third-order valence-electron chi connectivity index (χ3n) is 4.70. The van der Waals surface area contributed by atoms with Crippen LogP contribution in [-0.4, -0.2) is 42.7 Å². The molecule has 8 heteroatoms. The zero-order valence-electron chi connectivity index (χ0n) is 15.3. The Morgan fingerprint density at radius 2 is 1.77 bits per heavy atom. The summed E-state index contributed by atoms with van der Waals surface area (Å²) >= 11 is 0. The van der Waals surface area contributed by atoms with E-state index >= 15 is 0 Å². The van der Waals surface area contributed by atoms with Crippen LogP contribution in [0.15, 0.2) is 29.3 Å². The van der Waals surface area contributed by atoms with E-state index in [2.05, 4.69) is 30.0 Å². The number of aromatic nitrogens is 6. The van der Waals surface area contributed by atoms with E-state index in [9.17, 15) is 0 Å². The minimum absolute atomic E-state index is 0.120. The van der Waals surface area contributed by atoms with E-state index in [0.717, 1.165) is 30.4 Å². The van der Waals surface area contributed by atoms with Crippen molar-refractivity contribution in [2.75, 3.05) is 18.0 Å². The molecule has 1 fully saturated rings. The second kappa shape index (κ2) is 6.86. The number of hydrogen-bond acceptors (Lipinski definition) is 7. The number of nitrogens with zero attached hydrogens (tertiary/aromatic N) is 7. The fourth-order valence-electron chi connectivity index (χ4n) is 3.14. The van der Waals surface area contributed by atoms with E-state index in [0.29, 0.717) is 11.7 Å². The van der Waals surface area contributed by atoms with Gasteiger partial charge in [0.15, 0.2) is 5.82 Å². The van der Waals surface area contributed by atoms with Gasteiger partial charge in [-0.25, -0.2) is 15.0 Å². The summed E-state index contributed by atoms with van der Waals surface area (Å²) in [4.78, 5) is 20.3. The molecule has 1 aliphatic heterocycles. The van der Waals surface area contributed by atoms with Crippen molar-refractivity contribution in [3.05, 3.63) is 36.5 Å². The predicted octanol–water partition coefficient (Wildman–Crippen LogP) is 3.06. The van der Waals surface area contributed by atoms with E-state index in [-0.39, 0.29) is 12.0 Å². The van der Waals surface area contributed by atoms with Crippen LogP contribution in [0, 0.1) is 0 Å². The first-order valence-electron chi connectivity index (χ1n) is 9.07. The van der Waals surface area contributed by atoms with Gasteiger partial charge in [-0.3, -0.25) is 0 Å². The van der Waals surface area contributed by atoms with Gasteiger partial charge in [0.25, 0.3) is 0 Å². The third kappa shape index (κ3) is 3.07. The van der Waals surface area contributed by atoms with Gasteiger partial charge in [0.2, 0.25) is 11.8 Å². The Morgan fingerprint density at radius 1 is 1.04 bits per heavy atom. The van der Waals surface area contributed by atoms with Crippen LogP contribution in [0.4, 0.5) is 5.95 Å². The van der Waals surface area contributed by atoms with Crippen molar-refractivity contribution < 1.29 is 4.52 Å². The van der Waals surface area contributed by atoms with Gasteiger partial charge in [-0.1, -0.05) is 19.0 Å². The molecular formula is C18H23N7O. The Morgan fingerprint density at radius 3 is 2.42 bits per heavy atom. The molecule has 26 heavy (non-hydrogen) atoms. The highest BCUT2D eigenvalue weighted by atomic mass is 16.5. The molecule has 0 unspecified atom stereocenters. The van der Waals surface area contributed by atoms with E-state index in [1.807, 2.05) is 43.9 Å². The molecule has 0 radical (unpaired) electrons. The molecule has 0 aromatic carbocycles. The molecule has 3 aromatic heterocycles. The Kier molecular flexibility index (Phi) is 4.40. The first-order chi connectivity index (χ1) is 12.6.